The van der Waals surface area contributed by atoms with Crippen molar-refractivity contribution in [3.8, 4) is 6.07 Å². The van der Waals surface area contributed by atoms with E-state index in [1.807, 2.05) is 6.07 Å². The maximum atomic E-state index is 12.2. The molecule has 0 saturated carbocycles. The fraction of sp³-hybridized carbons (Fsp3) is 0.667. The highest BCUT2D eigenvalue weighted by atomic mass is 79.9. The van der Waals surface area contributed by atoms with Crippen molar-refractivity contribution >= 4 is 26.0 Å². The maximum absolute atomic E-state index is 12.2. The molecule has 1 aromatic rings. The molecule has 18 heavy (non-hydrogen) atoms. The van der Waals surface area contributed by atoms with Crippen molar-refractivity contribution in [2.24, 2.45) is 7.05 Å². The minimum atomic E-state index is -3.85. The summed E-state index contributed by atoms with van der Waals surface area (Å²) in [6.07, 6.45) is 0.754. The van der Waals surface area contributed by atoms with Gasteiger partial charge in [-0.1, -0.05) is 19.1 Å². The van der Waals surface area contributed by atoms with Crippen LogP contribution in [0.4, 0.5) is 0 Å². The number of aromatic nitrogens is 3. The molecule has 1 N–H and O–H groups in total. The van der Waals surface area contributed by atoms with Gasteiger partial charge in [-0.05, 0) is 28.8 Å². The second-order valence-corrected chi connectivity index (χ2v) is 6.16. The van der Waals surface area contributed by atoms with Crippen LogP contribution in [-0.2, 0) is 17.1 Å². The average molecular weight is 336 g/mol. The Kier molecular flexibility index (Phi) is 4.47. The Labute approximate surface area is 114 Å². The molecule has 9 heteroatoms. The Morgan fingerprint density at radius 2 is 2.06 bits per heavy atom. The van der Waals surface area contributed by atoms with Gasteiger partial charge in [-0.2, -0.15) is 9.98 Å². The lowest BCUT2D eigenvalue weighted by atomic mass is 9.97. The molecule has 1 aromatic heterocycles. The van der Waals surface area contributed by atoms with Crippen LogP contribution >= 0.6 is 15.9 Å². The third-order valence-electron chi connectivity index (χ3n) is 2.74. The van der Waals surface area contributed by atoms with E-state index in [0.717, 1.165) is 4.68 Å². The van der Waals surface area contributed by atoms with Gasteiger partial charge in [0, 0.05) is 7.05 Å². The molecule has 0 radical (unpaired) electrons. The van der Waals surface area contributed by atoms with Crippen LogP contribution in [-0.4, -0.2) is 29.0 Å². The number of nitrogens with one attached hydrogen (secondary N) is 1. The zero-order valence-electron chi connectivity index (χ0n) is 10.3. The van der Waals surface area contributed by atoms with E-state index in [0.29, 0.717) is 12.8 Å². The first-order valence-corrected chi connectivity index (χ1v) is 7.60. The molecule has 0 aliphatic heterocycles. The summed E-state index contributed by atoms with van der Waals surface area (Å²) in [6, 6.07) is 2.02. The van der Waals surface area contributed by atoms with Crippen LogP contribution < -0.4 is 4.72 Å². The van der Waals surface area contributed by atoms with Gasteiger partial charge in [0.2, 0.25) is 5.03 Å². The van der Waals surface area contributed by atoms with Crippen molar-refractivity contribution in [1.29, 1.82) is 5.26 Å². The summed E-state index contributed by atoms with van der Waals surface area (Å²) in [5, 5.41) is 16.3. The normalized spacial score (nSPS) is 12.4. The van der Waals surface area contributed by atoms with E-state index in [1.54, 1.807) is 13.8 Å². The van der Waals surface area contributed by atoms with E-state index in [1.165, 1.54) is 7.05 Å². The summed E-state index contributed by atoms with van der Waals surface area (Å²) in [6.45, 7) is 3.51. The van der Waals surface area contributed by atoms with Gasteiger partial charge >= 0.3 is 0 Å². The lowest BCUT2D eigenvalue weighted by Gasteiger charge is -2.24. The van der Waals surface area contributed by atoms with Crippen LogP contribution in [0.3, 0.4) is 0 Å². The number of hydrogen-bond acceptors (Lipinski definition) is 5. The number of halogens is 1. The Bertz CT molecular complexity index is 551. The van der Waals surface area contributed by atoms with Gasteiger partial charge in [-0.15, -0.1) is 5.10 Å². The second kappa shape index (κ2) is 5.34. The summed E-state index contributed by atoms with van der Waals surface area (Å²) in [5.74, 6) is 0. The minimum absolute atomic E-state index is 0.0935. The third-order valence-corrected chi connectivity index (χ3v) is 5.17. The zero-order valence-corrected chi connectivity index (χ0v) is 12.7. The summed E-state index contributed by atoms with van der Waals surface area (Å²) in [7, 11) is -2.38. The average Bonchev–Trinajstić information content (AvgIpc) is 2.67. The molecule has 1 rings (SSSR count). The predicted octanol–water partition coefficient (Wildman–Crippen LogP) is 0.938. The van der Waals surface area contributed by atoms with E-state index in [2.05, 4.69) is 31.0 Å². The molecule has 0 atom stereocenters. The van der Waals surface area contributed by atoms with Crippen molar-refractivity contribution in [2.75, 3.05) is 0 Å². The SMILES string of the molecule is CCC(C#N)(CC)NS(=O)(=O)c1c(Br)nnn1C. The van der Waals surface area contributed by atoms with Crippen LogP contribution in [0.15, 0.2) is 9.63 Å². The molecular formula is C9H14BrN5O2S. The lowest BCUT2D eigenvalue weighted by molar-refractivity contribution is 0.443. The largest absolute Gasteiger partial charge is 0.261 e. The molecule has 100 valence electrons. The molecule has 0 bridgehead atoms. The molecule has 1 heterocycles. The van der Waals surface area contributed by atoms with Crippen molar-refractivity contribution in [2.45, 2.75) is 37.3 Å². The van der Waals surface area contributed by atoms with E-state index in [9.17, 15) is 8.42 Å². The number of rotatable bonds is 5. The smallest absolute Gasteiger partial charge is 0.235 e. The second-order valence-electron chi connectivity index (χ2n) is 3.82. The Hall–Kier alpha value is -0.980. The molecule has 0 aliphatic rings. The van der Waals surface area contributed by atoms with Gasteiger partial charge in [0.1, 0.15) is 5.54 Å². The molecular weight excluding hydrogens is 322 g/mol. The van der Waals surface area contributed by atoms with Crippen LogP contribution in [0.1, 0.15) is 26.7 Å². The van der Waals surface area contributed by atoms with Crippen LogP contribution in [0.2, 0.25) is 0 Å². The number of nitrogens with zero attached hydrogens (tertiary/aromatic N) is 4. The lowest BCUT2D eigenvalue weighted by Crippen LogP contribution is -2.46. The number of nitriles is 1. The highest BCUT2D eigenvalue weighted by Crippen LogP contribution is 2.22. The fourth-order valence-electron chi connectivity index (χ4n) is 1.49. The van der Waals surface area contributed by atoms with Crippen molar-refractivity contribution in [1.82, 2.24) is 19.7 Å². The zero-order chi connectivity index (χ0) is 14.0. The van der Waals surface area contributed by atoms with Gasteiger partial charge in [-0.3, -0.25) is 0 Å². The highest BCUT2D eigenvalue weighted by Gasteiger charge is 2.35. The Morgan fingerprint density at radius 1 is 1.50 bits per heavy atom. The maximum Gasteiger partial charge on any atom is 0.261 e. The van der Waals surface area contributed by atoms with Gasteiger partial charge < -0.3 is 0 Å². The molecule has 0 aromatic carbocycles. The first kappa shape index (κ1) is 15.1. The summed E-state index contributed by atoms with van der Waals surface area (Å²) in [4.78, 5) is 0. The first-order valence-electron chi connectivity index (χ1n) is 5.32. The monoisotopic (exact) mass is 335 g/mol. The number of sulfonamides is 1. The van der Waals surface area contributed by atoms with E-state index >= 15 is 0 Å². The molecule has 0 fully saturated rings. The third kappa shape index (κ3) is 2.71. The van der Waals surface area contributed by atoms with Gasteiger partial charge in [0.15, 0.2) is 4.60 Å². The predicted molar refractivity (Wildman–Crippen MR) is 68.0 cm³/mol. The Balaban J connectivity index is 3.22. The highest BCUT2D eigenvalue weighted by molar-refractivity contribution is 9.10. The summed E-state index contributed by atoms with van der Waals surface area (Å²) < 4.78 is 28.1. The van der Waals surface area contributed by atoms with Crippen LogP contribution in [0, 0.1) is 11.3 Å². The van der Waals surface area contributed by atoms with Gasteiger partial charge in [0.05, 0.1) is 6.07 Å². The van der Waals surface area contributed by atoms with Crippen molar-refractivity contribution in [3.63, 3.8) is 0 Å². The first-order chi connectivity index (χ1) is 8.32. The van der Waals surface area contributed by atoms with E-state index < -0.39 is 15.6 Å². The summed E-state index contributed by atoms with van der Waals surface area (Å²) in [5.41, 5.74) is -1.11. The minimum Gasteiger partial charge on any atom is -0.235 e. The standard InChI is InChI=1S/C9H14BrN5O2S/c1-4-9(5-2,6-11)13-18(16,17)8-7(10)12-14-15(8)3/h13H,4-5H2,1-3H3. The molecule has 7 nitrogen and oxygen atoms in total. The molecule has 0 amide bonds. The van der Waals surface area contributed by atoms with Crippen LogP contribution in [0.5, 0.6) is 0 Å². The quantitative estimate of drug-likeness (QED) is 0.862. The molecule has 0 unspecified atom stereocenters. The van der Waals surface area contributed by atoms with Crippen LogP contribution in [0.25, 0.3) is 0 Å². The van der Waals surface area contributed by atoms with Crippen molar-refractivity contribution < 1.29 is 8.42 Å². The van der Waals surface area contributed by atoms with Gasteiger partial charge in [0.25, 0.3) is 10.0 Å². The van der Waals surface area contributed by atoms with E-state index in [4.69, 9.17) is 5.26 Å². The molecule has 0 spiro atoms. The topological polar surface area (TPSA) is 101 Å². The van der Waals surface area contributed by atoms with Gasteiger partial charge in [-0.25, -0.2) is 13.1 Å². The number of hydrogen-bond donors (Lipinski definition) is 1. The Morgan fingerprint density at radius 3 is 2.39 bits per heavy atom. The van der Waals surface area contributed by atoms with E-state index in [-0.39, 0.29) is 9.63 Å². The molecule has 0 saturated heterocycles. The molecule has 0 aliphatic carbocycles. The fourth-order valence-corrected chi connectivity index (χ4v) is 4.05. The number of aryl methyl sites for hydroxylation is 1. The summed E-state index contributed by atoms with van der Waals surface area (Å²) >= 11 is 3.03. The van der Waals surface area contributed by atoms with Crippen molar-refractivity contribution in [3.05, 3.63) is 4.60 Å².